The Kier molecular flexibility index (Phi) is 6.35. The highest BCUT2D eigenvalue weighted by molar-refractivity contribution is 5.89. The molecule has 0 amide bonds. The molecule has 3 nitrogen and oxygen atoms in total. The second-order valence-corrected chi connectivity index (χ2v) is 6.09. The Balaban J connectivity index is 1.75. The van der Waals surface area contributed by atoms with Gasteiger partial charge in [0.1, 0.15) is 5.75 Å². The maximum absolute atomic E-state index is 5.17. The normalized spacial score (nSPS) is 10.4. The van der Waals surface area contributed by atoms with Crippen molar-refractivity contribution in [3.63, 3.8) is 0 Å². The Labute approximate surface area is 160 Å². The van der Waals surface area contributed by atoms with Crippen molar-refractivity contribution >= 4 is 23.3 Å². The van der Waals surface area contributed by atoms with E-state index in [1.807, 2.05) is 79.9 Å². The Bertz CT molecular complexity index is 967. The third kappa shape index (κ3) is 5.27. The fourth-order valence-corrected chi connectivity index (χ4v) is 2.59. The van der Waals surface area contributed by atoms with Crippen LogP contribution in [0.2, 0.25) is 0 Å². The van der Waals surface area contributed by atoms with Crippen LogP contribution in [0.4, 0.5) is 5.69 Å². The predicted molar refractivity (Wildman–Crippen MR) is 113 cm³/mol. The fraction of sp³-hybridized carbons (Fsp3) is 0.125. The number of ether oxygens (including phenoxy) is 1. The van der Waals surface area contributed by atoms with E-state index in [0.717, 1.165) is 33.7 Å². The van der Waals surface area contributed by atoms with Crippen LogP contribution in [-0.2, 0) is 6.54 Å². The van der Waals surface area contributed by atoms with Gasteiger partial charge in [-0.2, -0.15) is 0 Å². The summed E-state index contributed by atoms with van der Waals surface area (Å²) < 4.78 is 5.17. The summed E-state index contributed by atoms with van der Waals surface area (Å²) in [5.74, 6) is 3.99. The molecular formula is C24H22N2O. The summed E-state index contributed by atoms with van der Waals surface area (Å²) in [5, 5.41) is 0. The topological polar surface area (TPSA) is 34.0 Å². The van der Waals surface area contributed by atoms with Crippen LogP contribution in [0.5, 0.6) is 5.75 Å². The maximum atomic E-state index is 5.17. The molecule has 0 spiro atoms. The smallest absolute Gasteiger partial charge is 0.118 e. The molecule has 3 aromatic rings. The van der Waals surface area contributed by atoms with E-state index in [-0.39, 0.29) is 0 Å². The van der Waals surface area contributed by atoms with E-state index in [2.05, 4.69) is 28.0 Å². The van der Waals surface area contributed by atoms with Crippen molar-refractivity contribution in [3.8, 4) is 5.75 Å². The van der Waals surface area contributed by atoms with Crippen LogP contribution in [0.25, 0.3) is 5.57 Å². The second kappa shape index (κ2) is 9.33. The van der Waals surface area contributed by atoms with E-state index in [4.69, 9.17) is 4.74 Å². The molecular weight excluding hydrogens is 332 g/mol. The van der Waals surface area contributed by atoms with Gasteiger partial charge in [0.2, 0.25) is 0 Å². The van der Waals surface area contributed by atoms with Crippen molar-refractivity contribution in [2.45, 2.75) is 13.5 Å². The van der Waals surface area contributed by atoms with Gasteiger partial charge < -0.3 is 4.74 Å². The molecule has 0 aliphatic rings. The maximum Gasteiger partial charge on any atom is 0.118 e. The van der Waals surface area contributed by atoms with E-state index < -0.39 is 0 Å². The zero-order valence-electron chi connectivity index (χ0n) is 15.6. The molecule has 134 valence electrons. The Morgan fingerprint density at radius 2 is 1.63 bits per heavy atom. The number of aliphatic imine (C=N–C) groups is 2. The second-order valence-electron chi connectivity index (χ2n) is 6.09. The summed E-state index contributed by atoms with van der Waals surface area (Å²) in [4.78, 5) is 9.11. The highest BCUT2D eigenvalue weighted by Crippen LogP contribution is 2.20. The van der Waals surface area contributed by atoms with Gasteiger partial charge in [0.05, 0.1) is 19.3 Å². The molecule has 27 heavy (non-hydrogen) atoms. The summed E-state index contributed by atoms with van der Waals surface area (Å²) >= 11 is 0. The molecule has 3 rings (SSSR count). The molecule has 0 aromatic heterocycles. The third-order valence-corrected chi connectivity index (χ3v) is 4.16. The molecule has 0 fully saturated rings. The minimum absolute atomic E-state index is 0.567. The van der Waals surface area contributed by atoms with E-state index in [1.165, 1.54) is 0 Å². The molecule has 0 radical (unpaired) electrons. The van der Waals surface area contributed by atoms with Gasteiger partial charge in [-0.25, -0.2) is 4.99 Å². The first-order valence-corrected chi connectivity index (χ1v) is 8.84. The Hall–Kier alpha value is -3.42. The zero-order chi connectivity index (χ0) is 18.9. The molecule has 0 saturated carbocycles. The molecule has 0 N–H and O–H groups in total. The largest absolute Gasteiger partial charge is 0.497 e. The first kappa shape index (κ1) is 18.4. The fourth-order valence-electron chi connectivity index (χ4n) is 2.59. The number of nitrogens with zero attached hydrogens (tertiary/aromatic N) is 2. The summed E-state index contributed by atoms with van der Waals surface area (Å²) in [5.41, 5.74) is 5.12. The summed E-state index contributed by atoms with van der Waals surface area (Å²) in [6.45, 7) is 2.58. The third-order valence-electron chi connectivity index (χ3n) is 4.16. The minimum atomic E-state index is 0.567. The van der Waals surface area contributed by atoms with Crippen LogP contribution in [-0.4, -0.2) is 19.2 Å². The quantitative estimate of drug-likeness (QED) is 0.521. The van der Waals surface area contributed by atoms with Gasteiger partial charge in [-0.15, -0.1) is 0 Å². The van der Waals surface area contributed by atoms with E-state index >= 15 is 0 Å². The molecule has 0 unspecified atom stereocenters. The van der Waals surface area contributed by atoms with Crippen molar-refractivity contribution in [1.82, 2.24) is 0 Å². The minimum Gasteiger partial charge on any atom is -0.497 e. The average Bonchev–Trinajstić information content (AvgIpc) is 2.74. The lowest BCUT2D eigenvalue weighted by Crippen LogP contribution is -1.87. The first-order valence-electron chi connectivity index (χ1n) is 8.84. The standard InChI is InChI=1S/C24H22N2O/c1-19(21-8-4-3-5-9-21)16-26-24-11-7-6-10-22(24)18-25-17-20-12-14-23(27-2)15-13-20/h3-15,17H,18H2,1-2H3. The number of benzene rings is 3. The Morgan fingerprint density at radius 3 is 2.37 bits per heavy atom. The van der Waals surface area contributed by atoms with Gasteiger partial charge in [0.25, 0.3) is 0 Å². The first-order chi connectivity index (χ1) is 13.3. The number of allylic oxidation sites excluding steroid dienone is 1. The van der Waals surface area contributed by atoms with Crippen molar-refractivity contribution in [2.75, 3.05) is 7.11 Å². The lowest BCUT2D eigenvalue weighted by molar-refractivity contribution is 0.415. The average molecular weight is 354 g/mol. The monoisotopic (exact) mass is 354 g/mol. The number of methoxy groups -OCH3 is 1. The van der Waals surface area contributed by atoms with Crippen molar-refractivity contribution < 1.29 is 4.74 Å². The van der Waals surface area contributed by atoms with Crippen molar-refractivity contribution in [2.24, 2.45) is 9.98 Å². The predicted octanol–water partition coefficient (Wildman–Crippen LogP) is 5.72. The number of para-hydroxylation sites is 1. The van der Waals surface area contributed by atoms with Crippen molar-refractivity contribution in [3.05, 3.63) is 95.6 Å². The van der Waals surface area contributed by atoms with Gasteiger partial charge in [-0.3, -0.25) is 4.99 Å². The molecule has 0 heterocycles. The molecule has 0 aliphatic carbocycles. The molecule has 0 saturated heterocycles. The number of rotatable bonds is 6. The van der Waals surface area contributed by atoms with E-state index in [0.29, 0.717) is 6.54 Å². The summed E-state index contributed by atoms with van der Waals surface area (Å²) in [6, 6.07) is 26.0. The molecule has 0 bridgehead atoms. The van der Waals surface area contributed by atoms with Crippen LogP contribution < -0.4 is 4.74 Å². The van der Waals surface area contributed by atoms with Crippen molar-refractivity contribution in [1.29, 1.82) is 0 Å². The van der Waals surface area contributed by atoms with Gasteiger partial charge >= 0.3 is 0 Å². The number of hydrogen-bond donors (Lipinski definition) is 0. The van der Waals surface area contributed by atoms with Crippen LogP contribution in [0.1, 0.15) is 23.6 Å². The summed E-state index contributed by atoms with van der Waals surface area (Å²) in [7, 11) is 1.66. The van der Waals surface area contributed by atoms with E-state index in [1.54, 1.807) is 7.11 Å². The molecule has 3 aromatic carbocycles. The van der Waals surface area contributed by atoms with Gasteiger partial charge in [0, 0.05) is 11.8 Å². The Morgan fingerprint density at radius 1 is 0.926 bits per heavy atom. The lowest BCUT2D eigenvalue weighted by atomic mass is 10.1. The molecule has 3 heteroatoms. The highest BCUT2D eigenvalue weighted by Gasteiger charge is 1.99. The molecule has 0 atom stereocenters. The van der Waals surface area contributed by atoms with Gasteiger partial charge in [0.15, 0.2) is 0 Å². The van der Waals surface area contributed by atoms with Crippen LogP contribution >= 0.6 is 0 Å². The van der Waals surface area contributed by atoms with Crippen LogP contribution in [0.3, 0.4) is 0 Å². The zero-order valence-corrected chi connectivity index (χ0v) is 15.6. The number of hydrogen-bond acceptors (Lipinski definition) is 3. The lowest BCUT2D eigenvalue weighted by Gasteiger charge is -2.02. The highest BCUT2D eigenvalue weighted by atomic mass is 16.5. The summed E-state index contributed by atoms with van der Waals surface area (Å²) in [6.07, 6.45) is 1.87. The molecule has 0 aliphatic heterocycles. The van der Waals surface area contributed by atoms with E-state index in [9.17, 15) is 0 Å². The SMILES string of the molecule is COc1ccc(C=NCc2ccccc2N=C=C(C)c2ccccc2)cc1. The van der Waals surface area contributed by atoms with Crippen LogP contribution in [0.15, 0.2) is 88.8 Å². The van der Waals surface area contributed by atoms with Gasteiger partial charge in [-0.1, -0.05) is 48.5 Å². The van der Waals surface area contributed by atoms with Crippen LogP contribution in [0, 0.1) is 0 Å². The van der Waals surface area contributed by atoms with Gasteiger partial charge in [-0.05, 0) is 59.8 Å².